The Kier molecular flexibility index (Phi) is 7.81. The molecule has 1 N–H and O–H groups in total. The zero-order valence-electron chi connectivity index (χ0n) is 19.3. The van der Waals surface area contributed by atoms with E-state index in [4.69, 9.17) is 14.2 Å². The van der Waals surface area contributed by atoms with Gasteiger partial charge in [-0.3, -0.25) is 9.59 Å². The Morgan fingerprint density at radius 3 is 2.52 bits per heavy atom. The summed E-state index contributed by atoms with van der Waals surface area (Å²) in [7, 11) is 2.99. The number of hydrogen-bond acceptors (Lipinski definition) is 7. The van der Waals surface area contributed by atoms with Crippen molar-refractivity contribution in [2.24, 2.45) is 0 Å². The lowest BCUT2D eigenvalue weighted by molar-refractivity contribution is -0.129. The van der Waals surface area contributed by atoms with Crippen molar-refractivity contribution in [3.05, 3.63) is 57.8 Å². The maximum atomic E-state index is 12.9. The second kappa shape index (κ2) is 10.6. The highest BCUT2D eigenvalue weighted by Crippen LogP contribution is 2.50. The molecule has 0 spiro atoms. The third kappa shape index (κ3) is 5.06. The van der Waals surface area contributed by atoms with Crippen molar-refractivity contribution in [1.82, 2.24) is 5.32 Å². The topological polar surface area (TPSA) is 90.9 Å². The molecule has 0 fully saturated rings. The van der Waals surface area contributed by atoms with Gasteiger partial charge in [0.1, 0.15) is 0 Å². The molecule has 0 radical (unpaired) electrons. The highest BCUT2D eigenvalue weighted by Gasteiger charge is 2.30. The smallest absolute Gasteiger partial charge is 0.336 e. The van der Waals surface area contributed by atoms with E-state index in [9.17, 15) is 14.4 Å². The van der Waals surface area contributed by atoms with Crippen LogP contribution in [0.1, 0.15) is 37.4 Å². The molecule has 0 aliphatic heterocycles. The standard InChI is InChI=1S/C25H27NO6S/c1-6-7-22(29)32-24-20(30-3)12-15-8-10-18(26-14(2)27)17-13-19(28)21(33-5)11-9-16(17)23(15)25(24)31-4/h6-7,9,11-13,18H,8,10H2,1-5H3,(H,26,27)/b7-6+/t18-/m0/s1. The van der Waals surface area contributed by atoms with Crippen LogP contribution in [0.5, 0.6) is 17.2 Å². The third-order valence-electron chi connectivity index (χ3n) is 5.40. The Labute approximate surface area is 197 Å². The van der Waals surface area contributed by atoms with Gasteiger partial charge in [0.2, 0.25) is 11.7 Å². The van der Waals surface area contributed by atoms with Crippen LogP contribution >= 0.6 is 11.8 Å². The van der Waals surface area contributed by atoms with E-state index in [0.29, 0.717) is 40.4 Å². The summed E-state index contributed by atoms with van der Waals surface area (Å²) in [5.41, 5.74) is 2.87. The fraction of sp³-hybridized carbons (Fsp3) is 0.320. The number of ether oxygens (including phenoxy) is 3. The van der Waals surface area contributed by atoms with Crippen LogP contribution in [0.2, 0.25) is 0 Å². The lowest BCUT2D eigenvalue weighted by Crippen LogP contribution is -2.26. The molecule has 1 aliphatic rings. The molecular formula is C25H27NO6S. The number of amides is 1. The van der Waals surface area contributed by atoms with Crippen LogP contribution < -0.4 is 25.0 Å². The molecule has 1 atom stereocenters. The van der Waals surface area contributed by atoms with Gasteiger partial charge in [0.15, 0.2) is 16.9 Å². The summed E-state index contributed by atoms with van der Waals surface area (Å²) in [6, 6.07) is 6.64. The van der Waals surface area contributed by atoms with Crippen LogP contribution in [0.25, 0.3) is 11.1 Å². The van der Waals surface area contributed by atoms with Gasteiger partial charge in [-0.1, -0.05) is 12.1 Å². The summed E-state index contributed by atoms with van der Waals surface area (Å²) < 4.78 is 16.9. The van der Waals surface area contributed by atoms with Gasteiger partial charge in [0, 0.05) is 18.6 Å². The fourth-order valence-corrected chi connectivity index (χ4v) is 4.50. The molecule has 0 unspecified atom stereocenters. The maximum Gasteiger partial charge on any atom is 0.336 e. The summed E-state index contributed by atoms with van der Waals surface area (Å²) in [5.74, 6) is 0.0919. The number of aryl methyl sites for hydroxylation is 1. The molecule has 8 heteroatoms. The van der Waals surface area contributed by atoms with Gasteiger partial charge in [0.05, 0.1) is 25.2 Å². The van der Waals surface area contributed by atoms with E-state index in [-0.39, 0.29) is 23.1 Å². The van der Waals surface area contributed by atoms with Crippen molar-refractivity contribution in [3.63, 3.8) is 0 Å². The minimum absolute atomic E-state index is 0.130. The maximum absolute atomic E-state index is 12.9. The highest BCUT2D eigenvalue weighted by molar-refractivity contribution is 7.98. The number of benzene rings is 1. The van der Waals surface area contributed by atoms with E-state index >= 15 is 0 Å². The molecule has 33 heavy (non-hydrogen) atoms. The first-order chi connectivity index (χ1) is 15.8. The molecule has 2 aromatic carbocycles. The molecule has 0 saturated heterocycles. The van der Waals surface area contributed by atoms with Gasteiger partial charge >= 0.3 is 5.97 Å². The number of carbonyl (C=O) groups excluding carboxylic acids is 2. The molecule has 0 aromatic heterocycles. The number of rotatable bonds is 6. The second-order valence-corrected chi connectivity index (χ2v) is 8.32. The van der Waals surface area contributed by atoms with Crippen molar-refractivity contribution in [2.45, 2.75) is 37.6 Å². The van der Waals surface area contributed by atoms with Crippen LogP contribution in [0.4, 0.5) is 0 Å². The summed E-state index contributed by atoms with van der Waals surface area (Å²) in [6.45, 7) is 3.17. The van der Waals surface area contributed by atoms with Crippen LogP contribution in [-0.2, 0) is 16.0 Å². The minimum Gasteiger partial charge on any atom is -0.493 e. The minimum atomic E-state index is -0.566. The number of methoxy groups -OCH3 is 2. The van der Waals surface area contributed by atoms with Crippen molar-refractivity contribution < 1.29 is 23.8 Å². The van der Waals surface area contributed by atoms with E-state index in [1.807, 2.05) is 18.4 Å². The second-order valence-electron chi connectivity index (χ2n) is 7.47. The van der Waals surface area contributed by atoms with Gasteiger partial charge in [-0.25, -0.2) is 4.79 Å². The number of esters is 1. The normalized spacial score (nSPS) is 14.6. The van der Waals surface area contributed by atoms with Gasteiger partial charge in [-0.2, -0.15) is 0 Å². The first-order valence-corrected chi connectivity index (χ1v) is 11.7. The zero-order chi connectivity index (χ0) is 24.1. The first-order valence-electron chi connectivity index (χ1n) is 10.5. The Bertz CT molecular complexity index is 1170. The van der Waals surface area contributed by atoms with Crippen LogP contribution in [0, 0.1) is 0 Å². The predicted octanol–water partition coefficient (Wildman–Crippen LogP) is 4.06. The van der Waals surface area contributed by atoms with Gasteiger partial charge in [0.25, 0.3) is 0 Å². The van der Waals surface area contributed by atoms with E-state index in [0.717, 1.165) is 11.1 Å². The van der Waals surface area contributed by atoms with E-state index in [2.05, 4.69) is 5.32 Å². The molecule has 0 saturated carbocycles. The number of thioether (sulfide) groups is 1. The average Bonchev–Trinajstić information content (AvgIpc) is 3.02. The fourth-order valence-electron chi connectivity index (χ4n) is 4.04. The number of nitrogens with one attached hydrogen (secondary N) is 1. The average molecular weight is 470 g/mol. The Morgan fingerprint density at radius 2 is 1.91 bits per heavy atom. The molecule has 0 bridgehead atoms. The van der Waals surface area contributed by atoms with Crippen molar-refractivity contribution in [1.29, 1.82) is 0 Å². The van der Waals surface area contributed by atoms with E-state index in [1.165, 1.54) is 39.0 Å². The highest BCUT2D eigenvalue weighted by atomic mass is 32.2. The SMILES string of the molecule is C/C=C/C(=O)Oc1c(OC)cc2c(c1OC)-c1ccc(SC)c(=O)cc1[C@@H](NC(C)=O)CC2. The van der Waals surface area contributed by atoms with Crippen molar-refractivity contribution in [3.8, 4) is 28.4 Å². The van der Waals surface area contributed by atoms with Crippen LogP contribution in [0.3, 0.4) is 0 Å². The first kappa shape index (κ1) is 24.4. The van der Waals surface area contributed by atoms with Crippen LogP contribution in [0.15, 0.2) is 46.1 Å². The molecule has 7 nitrogen and oxygen atoms in total. The summed E-state index contributed by atoms with van der Waals surface area (Å²) in [6.07, 6.45) is 5.88. The van der Waals surface area contributed by atoms with Crippen molar-refractivity contribution >= 4 is 23.6 Å². The van der Waals surface area contributed by atoms with Crippen molar-refractivity contribution in [2.75, 3.05) is 20.5 Å². The largest absolute Gasteiger partial charge is 0.493 e. The van der Waals surface area contributed by atoms with E-state index < -0.39 is 5.97 Å². The van der Waals surface area contributed by atoms with Crippen LogP contribution in [-0.4, -0.2) is 32.4 Å². The molecule has 174 valence electrons. The summed E-state index contributed by atoms with van der Waals surface area (Å²) in [4.78, 5) is 37.7. The molecule has 3 rings (SSSR count). The third-order valence-corrected chi connectivity index (χ3v) is 6.18. The summed E-state index contributed by atoms with van der Waals surface area (Å²) in [5, 5.41) is 2.97. The Balaban J connectivity index is 2.39. The molecule has 0 heterocycles. The monoisotopic (exact) mass is 469 g/mol. The van der Waals surface area contributed by atoms with E-state index in [1.54, 1.807) is 25.1 Å². The molecule has 1 aliphatic carbocycles. The Hall–Kier alpha value is -3.26. The molecular weight excluding hydrogens is 442 g/mol. The summed E-state index contributed by atoms with van der Waals surface area (Å²) >= 11 is 1.35. The van der Waals surface area contributed by atoms with Gasteiger partial charge < -0.3 is 19.5 Å². The Morgan fingerprint density at radius 1 is 1.15 bits per heavy atom. The molecule has 2 aromatic rings. The number of fused-ring (bicyclic) bond motifs is 3. The molecule has 1 amide bonds. The quantitative estimate of drug-likeness (QED) is 0.295. The number of hydrogen-bond donors (Lipinski definition) is 1. The lowest BCUT2D eigenvalue weighted by atomic mass is 9.95. The number of allylic oxidation sites excluding steroid dienone is 1. The van der Waals surface area contributed by atoms with Gasteiger partial charge in [-0.15, -0.1) is 11.8 Å². The lowest BCUT2D eigenvalue weighted by Gasteiger charge is -2.20. The predicted molar refractivity (Wildman–Crippen MR) is 128 cm³/mol. The zero-order valence-corrected chi connectivity index (χ0v) is 20.1. The van der Waals surface area contributed by atoms with Gasteiger partial charge in [-0.05, 0) is 60.9 Å². The number of carbonyl (C=O) groups is 2.